The van der Waals surface area contributed by atoms with Gasteiger partial charge in [0.1, 0.15) is 0 Å². The van der Waals surface area contributed by atoms with Gasteiger partial charge >= 0.3 is 0 Å². The lowest BCUT2D eigenvalue weighted by Gasteiger charge is -2.31. The summed E-state index contributed by atoms with van der Waals surface area (Å²) in [5.41, 5.74) is 5.20. The van der Waals surface area contributed by atoms with Crippen LogP contribution in [-0.2, 0) is 4.79 Å². The summed E-state index contributed by atoms with van der Waals surface area (Å²) in [4.78, 5) is 11.9. The minimum Gasteiger partial charge on any atom is -0.350 e. The molecule has 1 aliphatic carbocycles. The summed E-state index contributed by atoms with van der Waals surface area (Å²) in [7, 11) is 0. The molecule has 0 spiro atoms. The van der Waals surface area contributed by atoms with Gasteiger partial charge in [-0.25, -0.2) is 0 Å². The summed E-state index contributed by atoms with van der Waals surface area (Å²) in [6.45, 7) is 7.94. The maximum absolute atomic E-state index is 11.9. The Balaban J connectivity index is 2.57. The van der Waals surface area contributed by atoms with Crippen LogP contribution in [0.25, 0.3) is 0 Å². The van der Waals surface area contributed by atoms with Crippen molar-refractivity contribution >= 4 is 5.91 Å². The Hall–Kier alpha value is -0.570. The third-order valence-corrected chi connectivity index (χ3v) is 3.25. The van der Waals surface area contributed by atoms with Gasteiger partial charge in [0.05, 0.1) is 5.54 Å². The molecule has 0 heterocycles. The van der Waals surface area contributed by atoms with E-state index in [0.29, 0.717) is 5.92 Å². The van der Waals surface area contributed by atoms with Crippen molar-refractivity contribution in [3.8, 4) is 0 Å². The first-order valence-electron chi connectivity index (χ1n) is 5.41. The van der Waals surface area contributed by atoms with E-state index in [9.17, 15) is 4.79 Å². The fourth-order valence-corrected chi connectivity index (χ4v) is 1.40. The van der Waals surface area contributed by atoms with Gasteiger partial charge in [0.15, 0.2) is 0 Å². The standard InChI is InChI=1S/C11H22N2O/c1-5-10(2,3)13-9(14)11(4,12)8-6-7-8/h8H,5-7,12H2,1-4H3,(H,13,14). The van der Waals surface area contributed by atoms with Crippen LogP contribution in [0.4, 0.5) is 0 Å². The number of nitrogens with two attached hydrogens (primary N) is 1. The summed E-state index contributed by atoms with van der Waals surface area (Å²) in [6.07, 6.45) is 3.10. The SMILES string of the molecule is CCC(C)(C)NC(=O)C(C)(N)C1CC1. The molecule has 0 aliphatic heterocycles. The second-order valence-corrected chi connectivity index (χ2v) is 5.25. The van der Waals surface area contributed by atoms with Crippen LogP contribution in [0.1, 0.15) is 47.0 Å². The van der Waals surface area contributed by atoms with Crippen molar-refractivity contribution in [1.82, 2.24) is 5.32 Å². The predicted octanol–water partition coefficient (Wildman–Crippen LogP) is 1.42. The largest absolute Gasteiger partial charge is 0.350 e. The highest BCUT2D eigenvalue weighted by atomic mass is 16.2. The van der Waals surface area contributed by atoms with Crippen LogP contribution in [0, 0.1) is 5.92 Å². The maximum atomic E-state index is 11.9. The van der Waals surface area contributed by atoms with Gasteiger partial charge in [-0.1, -0.05) is 6.92 Å². The third-order valence-electron chi connectivity index (χ3n) is 3.25. The molecular weight excluding hydrogens is 176 g/mol. The second kappa shape index (κ2) is 3.54. The summed E-state index contributed by atoms with van der Waals surface area (Å²) >= 11 is 0. The molecule has 14 heavy (non-hydrogen) atoms. The molecule has 3 N–H and O–H groups in total. The first-order valence-corrected chi connectivity index (χ1v) is 5.41. The number of carbonyl (C=O) groups is 1. The lowest BCUT2D eigenvalue weighted by molar-refractivity contribution is -0.128. The van der Waals surface area contributed by atoms with Crippen LogP contribution in [0.5, 0.6) is 0 Å². The Kier molecular flexibility index (Phi) is 2.91. The Bertz CT molecular complexity index is 229. The molecule has 0 aromatic carbocycles. The monoisotopic (exact) mass is 198 g/mol. The molecule has 0 radical (unpaired) electrons. The first kappa shape index (κ1) is 11.5. The fraction of sp³-hybridized carbons (Fsp3) is 0.909. The molecule has 0 aromatic heterocycles. The number of nitrogens with one attached hydrogen (secondary N) is 1. The Labute approximate surface area is 86.4 Å². The average molecular weight is 198 g/mol. The molecule has 1 amide bonds. The normalized spacial score (nSPS) is 21.5. The summed E-state index contributed by atoms with van der Waals surface area (Å²) < 4.78 is 0. The fourth-order valence-electron chi connectivity index (χ4n) is 1.40. The van der Waals surface area contributed by atoms with Crippen LogP contribution in [0.3, 0.4) is 0 Å². The number of hydrogen-bond donors (Lipinski definition) is 2. The second-order valence-electron chi connectivity index (χ2n) is 5.25. The van der Waals surface area contributed by atoms with Crippen molar-refractivity contribution in [2.24, 2.45) is 11.7 Å². The molecule has 1 atom stereocenters. The quantitative estimate of drug-likeness (QED) is 0.717. The Morgan fingerprint density at radius 3 is 2.29 bits per heavy atom. The number of carbonyl (C=O) groups excluding carboxylic acids is 1. The van der Waals surface area contributed by atoms with E-state index in [1.807, 2.05) is 20.8 Å². The zero-order valence-electron chi connectivity index (χ0n) is 9.68. The van der Waals surface area contributed by atoms with Gasteiger partial charge in [-0.3, -0.25) is 4.79 Å². The van der Waals surface area contributed by atoms with Crippen LogP contribution >= 0.6 is 0 Å². The van der Waals surface area contributed by atoms with E-state index < -0.39 is 5.54 Å². The molecule has 1 aliphatic rings. The maximum Gasteiger partial charge on any atom is 0.240 e. The van der Waals surface area contributed by atoms with E-state index >= 15 is 0 Å². The number of amides is 1. The minimum absolute atomic E-state index is 0.00755. The Morgan fingerprint density at radius 1 is 1.43 bits per heavy atom. The van der Waals surface area contributed by atoms with Crippen molar-refractivity contribution < 1.29 is 4.79 Å². The first-order chi connectivity index (χ1) is 6.29. The molecule has 0 saturated heterocycles. The molecule has 0 aromatic rings. The highest BCUT2D eigenvalue weighted by molar-refractivity contribution is 5.87. The average Bonchev–Trinajstić information content (AvgIpc) is 2.85. The van der Waals surface area contributed by atoms with Crippen LogP contribution in [0.2, 0.25) is 0 Å². The topological polar surface area (TPSA) is 55.1 Å². The van der Waals surface area contributed by atoms with Gasteiger partial charge in [-0.05, 0) is 46.0 Å². The van der Waals surface area contributed by atoms with Gasteiger partial charge in [-0.15, -0.1) is 0 Å². The molecule has 1 saturated carbocycles. The van der Waals surface area contributed by atoms with E-state index in [1.165, 1.54) is 0 Å². The summed E-state index contributed by atoms with van der Waals surface area (Å²) in [5.74, 6) is 0.377. The molecule has 0 bridgehead atoms. The van der Waals surface area contributed by atoms with E-state index in [4.69, 9.17) is 5.73 Å². The van der Waals surface area contributed by atoms with Crippen molar-refractivity contribution in [1.29, 1.82) is 0 Å². The van der Waals surface area contributed by atoms with Crippen molar-refractivity contribution in [3.63, 3.8) is 0 Å². The zero-order valence-corrected chi connectivity index (χ0v) is 9.68. The van der Waals surface area contributed by atoms with Crippen molar-refractivity contribution in [2.75, 3.05) is 0 Å². The molecule has 3 nitrogen and oxygen atoms in total. The summed E-state index contributed by atoms with van der Waals surface area (Å²) in [5, 5.41) is 3.00. The molecule has 3 heteroatoms. The van der Waals surface area contributed by atoms with Crippen LogP contribution in [0.15, 0.2) is 0 Å². The number of rotatable bonds is 4. The number of hydrogen-bond acceptors (Lipinski definition) is 2. The molecule has 1 rings (SSSR count). The molecule has 1 unspecified atom stereocenters. The molecular formula is C11H22N2O. The van der Waals surface area contributed by atoms with Crippen LogP contribution < -0.4 is 11.1 Å². The lowest BCUT2D eigenvalue weighted by Crippen LogP contribution is -2.58. The zero-order chi connectivity index (χ0) is 11.0. The van der Waals surface area contributed by atoms with Crippen molar-refractivity contribution in [3.05, 3.63) is 0 Å². The van der Waals surface area contributed by atoms with Gasteiger partial charge in [-0.2, -0.15) is 0 Å². The third kappa shape index (κ3) is 2.47. The lowest BCUT2D eigenvalue weighted by atomic mass is 9.93. The van der Waals surface area contributed by atoms with E-state index in [1.54, 1.807) is 0 Å². The van der Waals surface area contributed by atoms with Gasteiger partial charge < -0.3 is 11.1 Å². The van der Waals surface area contributed by atoms with Crippen LogP contribution in [-0.4, -0.2) is 17.0 Å². The minimum atomic E-state index is -0.674. The van der Waals surface area contributed by atoms with Crippen molar-refractivity contribution in [2.45, 2.75) is 58.0 Å². The highest BCUT2D eigenvalue weighted by Gasteiger charge is 2.44. The summed E-state index contributed by atoms with van der Waals surface area (Å²) in [6, 6.07) is 0. The highest BCUT2D eigenvalue weighted by Crippen LogP contribution is 2.38. The predicted molar refractivity (Wildman–Crippen MR) is 57.8 cm³/mol. The molecule has 1 fully saturated rings. The Morgan fingerprint density at radius 2 is 1.93 bits per heavy atom. The van der Waals surface area contributed by atoms with E-state index in [-0.39, 0.29) is 11.4 Å². The van der Waals surface area contributed by atoms with Gasteiger partial charge in [0.25, 0.3) is 0 Å². The van der Waals surface area contributed by atoms with Gasteiger partial charge in [0.2, 0.25) is 5.91 Å². The van der Waals surface area contributed by atoms with Gasteiger partial charge in [0, 0.05) is 5.54 Å². The van der Waals surface area contributed by atoms with E-state index in [2.05, 4.69) is 12.2 Å². The smallest absolute Gasteiger partial charge is 0.240 e. The molecule has 82 valence electrons. The van der Waals surface area contributed by atoms with E-state index in [0.717, 1.165) is 19.3 Å².